The molecule has 3 heterocycles. The topological polar surface area (TPSA) is 52.7 Å². The van der Waals surface area contributed by atoms with Crippen LogP contribution in [-0.4, -0.2) is 59.1 Å². The van der Waals surface area contributed by atoms with Crippen molar-refractivity contribution < 1.29 is 9.59 Å². The Morgan fingerprint density at radius 1 is 1.16 bits per heavy atom. The molecule has 4 rings (SSSR count). The molecule has 0 saturated carbocycles. The number of carbonyl (C=O) groups excluding carboxylic acids is 2. The molecule has 32 heavy (non-hydrogen) atoms. The molecule has 1 aromatic carbocycles. The first-order chi connectivity index (χ1) is 15.5. The van der Waals surface area contributed by atoms with Crippen molar-refractivity contribution in [2.45, 2.75) is 57.0 Å². The maximum atomic E-state index is 13.5. The number of likely N-dealkylation sites (tertiary alicyclic amines) is 1. The van der Waals surface area contributed by atoms with Crippen LogP contribution < -0.4 is 5.32 Å². The van der Waals surface area contributed by atoms with Gasteiger partial charge in [-0.25, -0.2) is 0 Å². The van der Waals surface area contributed by atoms with Gasteiger partial charge in [0.15, 0.2) is 0 Å². The average molecular weight is 472 g/mol. The summed E-state index contributed by atoms with van der Waals surface area (Å²) >= 11 is 3.32. The van der Waals surface area contributed by atoms with Gasteiger partial charge in [-0.2, -0.15) is 0 Å². The van der Waals surface area contributed by atoms with Gasteiger partial charge in [-0.15, -0.1) is 23.1 Å². The van der Waals surface area contributed by atoms with Gasteiger partial charge in [-0.3, -0.25) is 9.59 Å². The van der Waals surface area contributed by atoms with Crippen molar-refractivity contribution >= 4 is 34.9 Å². The van der Waals surface area contributed by atoms with Crippen molar-refractivity contribution in [1.82, 2.24) is 15.1 Å². The van der Waals surface area contributed by atoms with Crippen LogP contribution in [0.5, 0.6) is 0 Å². The van der Waals surface area contributed by atoms with Crippen molar-refractivity contribution in [3.8, 4) is 0 Å². The summed E-state index contributed by atoms with van der Waals surface area (Å²) in [7, 11) is 0. The first-order valence-corrected chi connectivity index (χ1v) is 13.5. The third-order valence-electron chi connectivity index (χ3n) is 6.48. The van der Waals surface area contributed by atoms with E-state index in [1.807, 2.05) is 42.6 Å². The number of thioether (sulfide) groups is 1. The van der Waals surface area contributed by atoms with Crippen LogP contribution in [0.3, 0.4) is 0 Å². The molecule has 172 valence electrons. The largest absolute Gasteiger partial charge is 0.354 e. The highest BCUT2D eigenvalue weighted by Gasteiger charge is 2.42. The standard InChI is InChI=1S/C25H33N3O2S2/c1-18-9-11-20(12-10-18)24(30)28-21(17-32-25(28)22-8-5-16-31-22)23(29)26-13-6-15-27-14-4-3-7-19(27)2/h5,8-12,16,19,21,25H,3-4,6-7,13-15,17H2,1-2H3,(H,26,29). The fraction of sp³-hybridized carbons (Fsp3) is 0.520. The van der Waals surface area contributed by atoms with E-state index in [1.165, 1.54) is 19.3 Å². The molecule has 2 fully saturated rings. The van der Waals surface area contributed by atoms with Crippen LogP contribution in [0.2, 0.25) is 0 Å². The summed E-state index contributed by atoms with van der Waals surface area (Å²) in [6, 6.07) is 11.9. The van der Waals surface area contributed by atoms with Crippen LogP contribution in [0.1, 0.15) is 58.8 Å². The second kappa shape index (κ2) is 10.9. The number of hydrogen-bond donors (Lipinski definition) is 1. The van der Waals surface area contributed by atoms with Crippen LogP contribution in [0.4, 0.5) is 0 Å². The van der Waals surface area contributed by atoms with Gasteiger partial charge in [0, 0.05) is 35.3 Å². The van der Waals surface area contributed by atoms with Crippen molar-refractivity contribution in [1.29, 1.82) is 0 Å². The fourth-order valence-corrected chi connectivity index (χ4v) is 6.95. The zero-order valence-corrected chi connectivity index (χ0v) is 20.6. The SMILES string of the molecule is Cc1ccc(C(=O)N2C(C(=O)NCCCN3CCCCC3C)CSC2c2cccs2)cc1. The van der Waals surface area contributed by atoms with Crippen LogP contribution in [0.15, 0.2) is 41.8 Å². The Hall–Kier alpha value is -1.83. The lowest BCUT2D eigenvalue weighted by Crippen LogP contribution is -2.48. The first-order valence-electron chi connectivity index (χ1n) is 11.6. The number of carbonyl (C=O) groups is 2. The molecule has 0 radical (unpaired) electrons. The van der Waals surface area contributed by atoms with E-state index in [2.05, 4.69) is 23.2 Å². The average Bonchev–Trinajstić information content (AvgIpc) is 3.47. The molecule has 2 aliphatic heterocycles. The zero-order chi connectivity index (χ0) is 22.5. The minimum atomic E-state index is -0.449. The highest BCUT2D eigenvalue weighted by Crippen LogP contribution is 2.43. The Balaban J connectivity index is 1.40. The number of benzene rings is 1. The molecular weight excluding hydrogens is 438 g/mol. The molecule has 2 saturated heterocycles. The van der Waals surface area contributed by atoms with E-state index in [9.17, 15) is 9.59 Å². The monoisotopic (exact) mass is 471 g/mol. The van der Waals surface area contributed by atoms with Crippen molar-refractivity contribution in [3.05, 3.63) is 57.8 Å². The quantitative estimate of drug-likeness (QED) is 0.595. The van der Waals surface area contributed by atoms with E-state index < -0.39 is 6.04 Å². The predicted octanol–water partition coefficient (Wildman–Crippen LogP) is 4.69. The molecule has 0 bridgehead atoms. The Bertz CT molecular complexity index is 900. The van der Waals surface area contributed by atoms with Gasteiger partial charge in [0.05, 0.1) is 0 Å². The van der Waals surface area contributed by atoms with Crippen molar-refractivity contribution in [3.63, 3.8) is 0 Å². The van der Waals surface area contributed by atoms with Gasteiger partial charge in [-0.1, -0.05) is 30.2 Å². The molecule has 2 aliphatic rings. The fourth-order valence-electron chi connectivity index (χ4n) is 4.55. The predicted molar refractivity (Wildman–Crippen MR) is 133 cm³/mol. The summed E-state index contributed by atoms with van der Waals surface area (Å²) in [6.45, 7) is 7.14. The number of amides is 2. The van der Waals surface area contributed by atoms with Crippen molar-refractivity contribution in [2.24, 2.45) is 0 Å². The molecule has 1 N–H and O–H groups in total. The minimum absolute atomic E-state index is 0.0382. The molecule has 3 unspecified atom stereocenters. The number of piperidine rings is 1. The van der Waals surface area contributed by atoms with Gasteiger partial charge in [0.1, 0.15) is 11.4 Å². The highest BCUT2D eigenvalue weighted by molar-refractivity contribution is 7.99. The summed E-state index contributed by atoms with van der Waals surface area (Å²) in [5.74, 6) is 0.509. The summed E-state index contributed by atoms with van der Waals surface area (Å²) in [6.07, 6.45) is 4.81. The Morgan fingerprint density at radius 3 is 2.69 bits per heavy atom. The summed E-state index contributed by atoms with van der Waals surface area (Å²) in [5, 5.41) is 5.03. The Labute approximate surface area is 199 Å². The molecule has 1 aromatic heterocycles. The normalized spacial score (nSPS) is 23.9. The van der Waals surface area contributed by atoms with Gasteiger partial charge in [0.2, 0.25) is 5.91 Å². The van der Waals surface area contributed by atoms with Gasteiger partial charge in [0.25, 0.3) is 5.91 Å². The van der Waals surface area contributed by atoms with E-state index in [4.69, 9.17) is 0 Å². The number of hydrogen-bond acceptors (Lipinski definition) is 5. The minimum Gasteiger partial charge on any atom is -0.354 e. The number of nitrogens with one attached hydrogen (secondary N) is 1. The Kier molecular flexibility index (Phi) is 7.92. The molecule has 2 aromatic rings. The van der Waals surface area contributed by atoms with E-state index in [0.29, 0.717) is 23.9 Å². The highest BCUT2D eigenvalue weighted by atomic mass is 32.2. The molecule has 5 nitrogen and oxygen atoms in total. The number of rotatable bonds is 7. The number of nitrogens with zero attached hydrogens (tertiary/aromatic N) is 2. The number of thiophene rings is 1. The lowest BCUT2D eigenvalue weighted by Gasteiger charge is -2.33. The maximum Gasteiger partial charge on any atom is 0.255 e. The molecule has 0 aliphatic carbocycles. The second-order valence-corrected chi connectivity index (χ2v) is 10.9. The molecule has 7 heteroatoms. The molecule has 0 spiro atoms. The molecular formula is C25H33N3O2S2. The Morgan fingerprint density at radius 2 is 1.97 bits per heavy atom. The zero-order valence-electron chi connectivity index (χ0n) is 19.0. The molecule has 3 atom stereocenters. The third kappa shape index (κ3) is 5.38. The summed E-state index contributed by atoms with van der Waals surface area (Å²) in [5.41, 5.74) is 1.75. The first kappa shape index (κ1) is 23.3. The maximum absolute atomic E-state index is 13.5. The second-order valence-electron chi connectivity index (χ2n) is 8.82. The van der Waals surface area contributed by atoms with Crippen LogP contribution in [-0.2, 0) is 4.79 Å². The smallest absolute Gasteiger partial charge is 0.255 e. The summed E-state index contributed by atoms with van der Waals surface area (Å²) in [4.78, 5) is 32.1. The van der Waals surface area contributed by atoms with E-state index in [-0.39, 0.29) is 17.2 Å². The van der Waals surface area contributed by atoms with Crippen LogP contribution in [0, 0.1) is 6.92 Å². The van der Waals surface area contributed by atoms with Crippen LogP contribution in [0.25, 0.3) is 0 Å². The van der Waals surface area contributed by atoms with Gasteiger partial charge >= 0.3 is 0 Å². The van der Waals surface area contributed by atoms with E-state index >= 15 is 0 Å². The third-order valence-corrected chi connectivity index (χ3v) is 8.86. The van der Waals surface area contributed by atoms with Gasteiger partial charge in [-0.05, 0) is 63.2 Å². The molecule has 2 amide bonds. The van der Waals surface area contributed by atoms with E-state index in [0.717, 1.165) is 30.0 Å². The van der Waals surface area contributed by atoms with E-state index in [1.54, 1.807) is 28.0 Å². The van der Waals surface area contributed by atoms with Gasteiger partial charge < -0.3 is 15.1 Å². The number of aryl methyl sites for hydroxylation is 1. The van der Waals surface area contributed by atoms with Crippen molar-refractivity contribution in [2.75, 3.05) is 25.4 Å². The lowest BCUT2D eigenvalue weighted by molar-refractivity contribution is -0.124. The lowest BCUT2D eigenvalue weighted by atomic mass is 10.0. The summed E-state index contributed by atoms with van der Waals surface area (Å²) < 4.78 is 0. The van der Waals surface area contributed by atoms with Crippen LogP contribution >= 0.6 is 23.1 Å².